The minimum atomic E-state index is -0.806. The number of carbonyl (C=O) groups is 3. The van der Waals surface area contributed by atoms with Crippen molar-refractivity contribution in [3.05, 3.63) is 66.2 Å². The van der Waals surface area contributed by atoms with Crippen LogP contribution in [-0.4, -0.2) is 47.4 Å². The highest BCUT2D eigenvalue weighted by Crippen LogP contribution is 2.38. The summed E-state index contributed by atoms with van der Waals surface area (Å²) in [6.07, 6.45) is -0.681. The van der Waals surface area contributed by atoms with Crippen molar-refractivity contribution in [2.24, 2.45) is 5.92 Å². The van der Waals surface area contributed by atoms with Gasteiger partial charge in [0.05, 0.1) is 7.11 Å². The van der Waals surface area contributed by atoms with E-state index in [2.05, 4.69) is 5.32 Å². The lowest BCUT2D eigenvalue weighted by Crippen LogP contribution is -2.73. The summed E-state index contributed by atoms with van der Waals surface area (Å²) >= 11 is 1.41. The number of alkyl carbamates (subject to hydrolysis) is 1. The Kier molecular flexibility index (Phi) is 7.57. The molecule has 3 atom stereocenters. The molecule has 1 saturated heterocycles. The van der Waals surface area contributed by atoms with Gasteiger partial charge in [-0.15, -0.1) is 0 Å². The van der Waals surface area contributed by atoms with Crippen molar-refractivity contribution in [1.29, 1.82) is 0 Å². The number of thioether (sulfide) groups is 1. The average molecular weight is 443 g/mol. The van der Waals surface area contributed by atoms with Gasteiger partial charge in [0.1, 0.15) is 24.1 Å². The molecular weight excluding hydrogens is 416 g/mol. The number of nitrogens with zero attached hydrogens (tertiary/aromatic N) is 1. The lowest BCUT2D eigenvalue weighted by atomic mass is 9.96. The Morgan fingerprint density at radius 2 is 1.68 bits per heavy atom. The first kappa shape index (κ1) is 22.7. The summed E-state index contributed by atoms with van der Waals surface area (Å²) in [6, 6.07) is 17.3. The molecule has 1 N–H and O–H groups in total. The number of methoxy groups -OCH3 is 1. The number of rotatable bonds is 8. The van der Waals surface area contributed by atoms with Crippen LogP contribution in [0, 0.1) is 5.92 Å². The number of nitrogens with one attached hydrogen (secondary N) is 1. The summed E-state index contributed by atoms with van der Waals surface area (Å²) in [7, 11) is 1.30. The first-order valence-corrected chi connectivity index (χ1v) is 10.9. The molecule has 0 saturated carbocycles. The van der Waals surface area contributed by atoms with E-state index in [1.807, 2.05) is 74.5 Å². The molecule has 2 aromatic carbocycles. The maximum absolute atomic E-state index is 13.0. The van der Waals surface area contributed by atoms with E-state index in [9.17, 15) is 14.4 Å². The van der Waals surface area contributed by atoms with Crippen LogP contribution in [0.25, 0.3) is 0 Å². The van der Waals surface area contributed by atoms with Crippen LogP contribution in [0.2, 0.25) is 0 Å². The quantitative estimate of drug-likeness (QED) is 0.498. The molecule has 1 fully saturated rings. The monoisotopic (exact) mass is 442 g/mol. The molecule has 1 aliphatic heterocycles. The van der Waals surface area contributed by atoms with Crippen molar-refractivity contribution in [2.45, 2.75) is 42.8 Å². The van der Waals surface area contributed by atoms with E-state index in [1.165, 1.54) is 23.8 Å². The molecule has 1 heterocycles. The Labute approximate surface area is 186 Å². The molecular formula is C23H26N2O5S. The number of benzene rings is 2. The fourth-order valence-electron chi connectivity index (χ4n) is 3.40. The van der Waals surface area contributed by atoms with Gasteiger partial charge in [0.25, 0.3) is 0 Å². The molecule has 0 aliphatic carbocycles. The Bertz CT molecular complexity index is 907. The van der Waals surface area contributed by atoms with Gasteiger partial charge in [0.15, 0.2) is 0 Å². The molecule has 2 amide bonds. The van der Waals surface area contributed by atoms with Gasteiger partial charge >= 0.3 is 12.1 Å². The second kappa shape index (κ2) is 10.3. The highest BCUT2D eigenvalue weighted by atomic mass is 32.2. The van der Waals surface area contributed by atoms with Gasteiger partial charge in [0.2, 0.25) is 5.91 Å². The van der Waals surface area contributed by atoms with Gasteiger partial charge < -0.3 is 19.7 Å². The van der Waals surface area contributed by atoms with Crippen molar-refractivity contribution in [1.82, 2.24) is 10.2 Å². The predicted molar refractivity (Wildman–Crippen MR) is 117 cm³/mol. The van der Waals surface area contributed by atoms with Crippen LogP contribution in [0.15, 0.2) is 65.6 Å². The summed E-state index contributed by atoms with van der Waals surface area (Å²) in [4.78, 5) is 40.1. The predicted octanol–water partition coefficient (Wildman–Crippen LogP) is 3.44. The van der Waals surface area contributed by atoms with Crippen LogP contribution >= 0.6 is 11.8 Å². The first-order valence-electron chi connectivity index (χ1n) is 10.0. The summed E-state index contributed by atoms with van der Waals surface area (Å²) in [6.45, 7) is 3.81. The number of likely N-dealkylation sites (tertiary alicyclic amines) is 1. The van der Waals surface area contributed by atoms with E-state index in [0.717, 1.165) is 10.5 Å². The second-order valence-corrected chi connectivity index (χ2v) is 8.65. The normalized spacial score (nSPS) is 18.8. The zero-order valence-electron chi connectivity index (χ0n) is 17.7. The van der Waals surface area contributed by atoms with E-state index in [4.69, 9.17) is 9.47 Å². The molecule has 2 aromatic rings. The van der Waals surface area contributed by atoms with Gasteiger partial charge in [-0.2, -0.15) is 0 Å². The number of carbonyl (C=O) groups excluding carboxylic acids is 3. The summed E-state index contributed by atoms with van der Waals surface area (Å²) in [5.41, 5.74) is 0.847. The summed E-state index contributed by atoms with van der Waals surface area (Å²) in [5.74, 6) is -0.970. The van der Waals surface area contributed by atoms with Gasteiger partial charge in [-0.3, -0.25) is 4.79 Å². The number of esters is 1. The van der Waals surface area contributed by atoms with E-state index in [0.29, 0.717) is 0 Å². The summed E-state index contributed by atoms with van der Waals surface area (Å²) in [5, 5.41) is 2.20. The van der Waals surface area contributed by atoms with Crippen LogP contribution < -0.4 is 5.32 Å². The minimum Gasteiger partial charge on any atom is -0.467 e. The highest BCUT2D eigenvalue weighted by molar-refractivity contribution is 8.00. The van der Waals surface area contributed by atoms with Crippen LogP contribution in [0.3, 0.4) is 0 Å². The van der Waals surface area contributed by atoms with Crippen molar-refractivity contribution in [2.75, 3.05) is 7.11 Å². The fraction of sp³-hybridized carbons (Fsp3) is 0.348. The lowest BCUT2D eigenvalue weighted by Gasteiger charge is -2.50. The number of amides is 2. The second-order valence-electron chi connectivity index (χ2n) is 7.46. The van der Waals surface area contributed by atoms with Crippen molar-refractivity contribution < 1.29 is 23.9 Å². The van der Waals surface area contributed by atoms with Crippen LogP contribution in [-0.2, 0) is 25.7 Å². The molecule has 164 valence electrons. The fourth-order valence-corrected chi connectivity index (χ4v) is 4.66. The van der Waals surface area contributed by atoms with Gasteiger partial charge in [-0.25, -0.2) is 9.59 Å². The molecule has 3 rings (SSSR count). The SMILES string of the molecule is COC(=O)[C@@H](C(C)C)N1C(=O)[C@@H](NC(=O)OCc2ccccc2)[C@H]1Sc1ccccc1. The molecule has 0 unspecified atom stereocenters. The number of β-lactam (4-membered cyclic amide) rings is 1. The standard InChI is InChI=1S/C23H26N2O5S/c1-15(2)19(22(27)29-3)25-20(26)18(21(25)31-17-12-8-5-9-13-17)24-23(28)30-14-16-10-6-4-7-11-16/h4-13,15,18-19,21H,14H2,1-3H3,(H,24,28)/t18-,19-,21-/m1/s1. The maximum Gasteiger partial charge on any atom is 0.408 e. The Hall–Kier alpha value is -3.00. The average Bonchev–Trinajstić information content (AvgIpc) is 2.79. The van der Waals surface area contributed by atoms with Gasteiger partial charge in [0, 0.05) is 4.90 Å². The van der Waals surface area contributed by atoms with Crippen LogP contribution in [0.5, 0.6) is 0 Å². The number of hydrogen-bond acceptors (Lipinski definition) is 6. The van der Waals surface area contributed by atoms with Crippen LogP contribution in [0.1, 0.15) is 19.4 Å². The largest absolute Gasteiger partial charge is 0.467 e. The van der Waals surface area contributed by atoms with Gasteiger partial charge in [-0.1, -0.05) is 74.1 Å². The molecule has 31 heavy (non-hydrogen) atoms. The molecule has 0 aromatic heterocycles. The summed E-state index contributed by atoms with van der Waals surface area (Å²) < 4.78 is 10.2. The molecule has 0 radical (unpaired) electrons. The zero-order valence-corrected chi connectivity index (χ0v) is 18.5. The zero-order chi connectivity index (χ0) is 22.4. The van der Waals surface area contributed by atoms with E-state index in [1.54, 1.807) is 0 Å². The first-order chi connectivity index (χ1) is 14.9. The molecule has 1 aliphatic rings. The van der Waals surface area contributed by atoms with Gasteiger partial charge in [-0.05, 0) is 23.6 Å². The minimum absolute atomic E-state index is 0.102. The van der Waals surface area contributed by atoms with Crippen molar-refractivity contribution >= 4 is 29.7 Å². The Balaban J connectivity index is 1.74. The topological polar surface area (TPSA) is 84.9 Å². The third-order valence-electron chi connectivity index (χ3n) is 4.94. The smallest absolute Gasteiger partial charge is 0.408 e. The molecule has 8 heteroatoms. The highest BCUT2D eigenvalue weighted by Gasteiger charge is 2.54. The third-order valence-corrected chi connectivity index (χ3v) is 6.22. The maximum atomic E-state index is 13.0. The van der Waals surface area contributed by atoms with E-state index >= 15 is 0 Å². The molecule has 7 nitrogen and oxygen atoms in total. The van der Waals surface area contributed by atoms with E-state index < -0.39 is 29.5 Å². The lowest BCUT2D eigenvalue weighted by molar-refractivity contribution is -0.164. The number of ether oxygens (including phenoxy) is 2. The van der Waals surface area contributed by atoms with E-state index in [-0.39, 0.29) is 18.4 Å². The van der Waals surface area contributed by atoms with Crippen molar-refractivity contribution in [3.63, 3.8) is 0 Å². The molecule has 0 bridgehead atoms. The molecule has 0 spiro atoms. The Morgan fingerprint density at radius 3 is 2.26 bits per heavy atom. The van der Waals surface area contributed by atoms with Crippen molar-refractivity contribution in [3.8, 4) is 0 Å². The third kappa shape index (κ3) is 5.38. The number of hydrogen-bond donors (Lipinski definition) is 1. The Morgan fingerprint density at radius 1 is 1.06 bits per heavy atom. The van der Waals surface area contributed by atoms with Crippen LogP contribution in [0.4, 0.5) is 4.79 Å².